The number of hydrogen-bond acceptors (Lipinski definition) is 5. The monoisotopic (exact) mass is 320 g/mol. The van der Waals surface area contributed by atoms with Gasteiger partial charge in [-0.3, -0.25) is 9.69 Å². The number of likely N-dealkylation sites (N-methyl/N-ethyl adjacent to an activating group) is 1. The highest BCUT2D eigenvalue weighted by atomic mass is 16.5. The van der Waals surface area contributed by atoms with Crippen LogP contribution in [0.15, 0.2) is 24.3 Å². The Morgan fingerprint density at radius 1 is 1.26 bits per heavy atom. The third-order valence-corrected chi connectivity index (χ3v) is 3.92. The van der Waals surface area contributed by atoms with E-state index >= 15 is 0 Å². The van der Waals surface area contributed by atoms with E-state index in [4.69, 9.17) is 10.5 Å². The zero-order valence-electron chi connectivity index (χ0n) is 14.1. The lowest BCUT2D eigenvalue weighted by molar-refractivity contribution is -0.116. The number of anilines is 1. The van der Waals surface area contributed by atoms with Crippen LogP contribution in [0.2, 0.25) is 0 Å². The molecule has 0 aliphatic carbocycles. The number of nitrogens with one attached hydrogen (secondary N) is 1. The number of rotatable bonds is 7. The quantitative estimate of drug-likeness (QED) is 0.784. The Morgan fingerprint density at radius 3 is 2.52 bits per heavy atom. The van der Waals surface area contributed by atoms with Crippen LogP contribution in [0.1, 0.15) is 13.3 Å². The summed E-state index contributed by atoms with van der Waals surface area (Å²) in [6, 6.07) is 7.33. The van der Waals surface area contributed by atoms with Gasteiger partial charge in [0.1, 0.15) is 12.4 Å². The maximum absolute atomic E-state index is 11.6. The number of nitrogens with two attached hydrogens (primary N) is 1. The minimum atomic E-state index is -0.132. The number of piperazine rings is 1. The van der Waals surface area contributed by atoms with Crippen LogP contribution in [0.4, 0.5) is 5.69 Å². The molecule has 1 aliphatic heterocycles. The van der Waals surface area contributed by atoms with Crippen LogP contribution >= 0.6 is 0 Å². The van der Waals surface area contributed by atoms with Gasteiger partial charge in [0.05, 0.1) is 0 Å². The molecule has 3 N–H and O–H groups in total. The van der Waals surface area contributed by atoms with Crippen molar-refractivity contribution in [3.63, 3.8) is 0 Å². The molecule has 0 spiro atoms. The van der Waals surface area contributed by atoms with Crippen molar-refractivity contribution in [2.24, 2.45) is 5.73 Å². The van der Waals surface area contributed by atoms with E-state index < -0.39 is 0 Å². The van der Waals surface area contributed by atoms with Gasteiger partial charge >= 0.3 is 0 Å². The summed E-state index contributed by atoms with van der Waals surface area (Å²) in [4.78, 5) is 16.4. The van der Waals surface area contributed by atoms with E-state index in [2.05, 4.69) is 22.2 Å². The van der Waals surface area contributed by atoms with E-state index in [1.54, 1.807) is 0 Å². The first-order chi connectivity index (χ1) is 11.0. The van der Waals surface area contributed by atoms with E-state index in [0.717, 1.165) is 44.2 Å². The SMILES string of the molecule is CC(N)CC(=O)Nc1ccc(OCCN2CCN(C)CC2)cc1. The van der Waals surface area contributed by atoms with Gasteiger partial charge in [0.25, 0.3) is 0 Å². The summed E-state index contributed by atoms with van der Waals surface area (Å²) in [7, 11) is 2.16. The van der Waals surface area contributed by atoms with Gasteiger partial charge in [-0.15, -0.1) is 0 Å². The molecule has 2 rings (SSSR count). The molecule has 1 aliphatic rings. The number of ether oxygens (including phenoxy) is 1. The molecule has 1 atom stereocenters. The number of benzene rings is 1. The average Bonchev–Trinajstić information content (AvgIpc) is 2.50. The molecule has 0 saturated carbocycles. The lowest BCUT2D eigenvalue weighted by Gasteiger charge is -2.32. The molecule has 128 valence electrons. The molecule has 0 radical (unpaired) electrons. The van der Waals surface area contributed by atoms with E-state index in [-0.39, 0.29) is 11.9 Å². The molecule has 6 heteroatoms. The molecule has 1 fully saturated rings. The molecular weight excluding hydrogens is 292 g/mol. The van der Waals surface area contributed by atoms with Crippen molar-refractivity contribution in [2.75, 3.05) is 51.7 Å². The summed E-state index contributed by atoms with van der Waals surface area (Å²) in [5.74, 6) is 0.757. The predicted octanol–water partition coefficient (Wildman–Crippen LogP) is 0.989. The molecule has 1 heterocycles. The van der Waals surface area contributed by atoms with Gasteiger partial charge in [-0.05, 0) is 38.2 Å². The van der Waals surface area contributed by atoms with Crippen LogP contribution < -0.4 is 15.8 Å². The van der Waals surface area contributed by atoms with Crippen molar-refractivity contribution in [1.29, 1.82) is 0 Å². The van der Waals surface area contributed by atoms with Crippen molar-refractivity contribution < 1.29 is 9.53 Å². The smallest absolute Gasteiger partial charge is 0.225 e. The highest BCUT2D eigenvalue weighted by molar-refractivity contribution is 5.91. The molecule has 1 saturated heterocycles. The first-order valence-corrected chi connectivity index (χ1v) is 8.22. The fraction of sp³-hybridized carbons (Fsp3) is 0.588. The molecule has 1 aromatic carbocycles. The molecule has 6 nitrogen and oxygen atoms in total. The Labute approximate surface area is 138 Å². The third kappa shape index (κ3) is 6.56. The van der Waals surface area contributed by atoms with Crippen LogP contribution in [0.25, 0.3) is 0 Å². The standard InChI is InChI=1S/C17H28N4O2/c1-14(18)13-17(22)19-15-3-5-16(6-4-15)23-12-11-21-9-7-20(2)8-10-21/h3-6,14H,7-13,18H2,1-2H3,(H,19,22). The molecule has 1 unspecified atom stereocenters. The van der Waals surface area contributed by atoms with Crippen molar-refractivity contribution in [1.82, 2.24) is 9.80 Å². The van der Waals surface area contributed by atoms with Crippen LogP contribution in [0, 0.1) is 0 Å². The van der Waals surface area contributed by atoms with Gasteiger partial charge in [0.2, 0.25) is 5.91 Å². The van der Waals surface area contributed by atoms with Crippen LogP contribution in [-0.4, -0.2) is 68.1 Å². The number of carbonyl (C=O) groups is 1. The highest BCUT2D eigenvalue weighted by Crippen LogP contribution is 2.16. The van der Waals surface area contributed by atoms with E-state index in [1.807, 2.05) is 31.2 Å². The zero-order valence-corrected chi connectivity index (χ0v) is 14.1. The maximum atomic E-state index is 11.6. The van der Waals surface area contributed by atoms with Crippen LogP contribution in [0.3, 0.4) is 0 Å². The lowest BCUT2D eigenvalue weighted by Crippen LogP contribution is -2.45. The van der Waals surface area contributed by atoms with Crippen molar-refractivity contribution in [3.8, 4) is 5.75 Å². The molecule has 1 amide bonds. The van der Waals surface area contributed by atoms with Gasteiger partial charge in [0, 0.05) is 50.9 Å². The molecule has 0 bridgehead atoms. The predicted molar refractivity (Wildman–Crippen MR) is 92.8 cm³/mol. The van der Waals surface area contributed by atoms with Gasteiger partial charge in [-0.1, -0.05) is 0 Å². The van der Waals surface area contributed by atoms with E-state index in [1.165, 1.54) is 0 Å². The van der Waals surface area contributed by atoms with Gasteiger partial charge < -0.3 is 20.7 Å². The second-order valence-electron chi connectivity index (χ2n) is 6.25. The topological polar surface area (TPSA) is 70.8 Å². The summed E-state index contributed by atoms with van der Waals surface area (Å²) in [6.45, 7) is 7.89. The Balaban J connectivity index is 1.69. The lowest BCUT2D eigenvalue weighted by atomic mass is 10.2. The maximum Gasteiger partial charge on any atom is 0.225 e. The Kier molecular flexibility index (Phi) is 6.83. The largest absolute Gasteiger partial charge is 0.492 e. The van der Waals surface area contributed by atoms with Crippen LogP contribution in [-0.2, 0) is 4.79 Å². The Hall–Kier alpha value is -1.63. The normalized spacial score (nSPS) is 17.7. The summed E-state index contributed by atoms with van der Waals surface area (Å²) in [6.07, 6.45) is 0.323. The van der Waals surface area contributed by atoms with Crippen LogP contribution in [0.5, 0.6) is 5.75 Å². The third-order valence-electron chi connectivity index (χ3n) is 3.92. The number of hydrogen-bond donors (Lipinski definition) is 2. The van der Waals surface area contributed by atoms with E-state index in [9.17, 15) is 4.79 Å². The fourth-order valence-corrected chi connectivity index (χ4v) is 2.50. The molecule has 23 heavy (non-hydrogen) atoms. The average molecular weight is 320 g/mol. The number of amides is 1. The summed E-state index contributed by atoms with van der Waals surface area (Å²) >= 11 is 0. The molecule has 1 aromatic rings. The highest BCUT2D eigenvalue weighted by Gasteiger charge is 2.13. The second-order valence-corrected chi connectivity index (χ2v) is 6.25. The minimum Gasteiger partial charge on any atom is -0.492 e. The zero-order chi connectivity index (χ0) is 16.7. The van der Waals surface area contributed by atoms with Crippen molar-refractivity contribution >= 4 is 11.6 Å². The number of nitrogens with zero attached hydrogens (tertiary/aromatic N) is 2. The summed E-state index contributed by atoms with van der Waals surface area (Å²) < 4.78 is 5.77. The summed E-state index contributed by atoms with van der Waals surface area (Å²) in [5, 5.41) is 2.83. The second kappa shape index (κ2) is 8.86. The first kappa shape index (κ1) is 17.7. The molecule has 0 aromatic heterocycles. The van der Waals surface area contributed by atoms with Gasteiger partial charge in [0.15, 0.2) is 0 Å². The molecular formula is C17H28N4O2. The van der Waals surface area contributed by atoms with Gasteiger partial charge in [-0.25, -0.2) is 0 Å². The summed E-state index contributed by atoms with van der Waals surface area (Å²) in [5.41, 5.74) is 6.37. The Morgan fingerprint density at radius 2 is 1.91 bits per heavy atom. The van der Waals surface area contributed by atoms with Crippen molar-refractivity contribution in [3.05, 3.63) is 24.3 Å². The van der Waals surface area contributed by atoms with Gasteiger partial charge in [-0.2, -0.15) is 0 Å². The Bertz CT molecular complexity index is 482. The first-order valence-electron chi connectivity index (χ1n) is 8.22. The van der Waals surface area contributed by atoms with E-state index in [0.29, 0.717) is 13.0 Å². The van der Waals surface area contributed by atoms with Crippen molar-refractivity contribution in [2.45, 2.75) is 19.4 Å². The number of carbonyl (C=O) groups excluding carboxylic acids is 1. The minimum absolute atomic E-state index is 0.0660. The fourth-order valence-electron chi connectivity index (χ4n) is 2.50.